The number of carboxylic acids is 1. The first kappa shape index (κ1) is 8.67. The Morgan fingerprint density at radius 2 is 1.67 bits per heavy atom. The van der Waals surface area contributed by atoms with E-state index in [1.165, 1.54) is 0 Å². The Hall–Kier alpha value is -1.42. The van der Waals surface area contributed by atoms with E-state index in [2.05, 4.69) is 0 Å². The largest absolute Gasteiger partial charge is 0.507 e. The molecule has 0 atom stereocenters. The molecule has 0 heterocycles. The molecule has 64 valence electrons. The highest BCUT2D eigenvalue weighted by atomic mass is 35.5. The van der Waals surface area contributed by atoms with Gasteiger partial charge < -0.3 is 15.3 Å². The highest BCUT2D eigenvalue weighted by molar-refractivity contribution is 6.31. The zero-order valence-electron chi connectivity index (χ0n) is 5.78. The van der Waals surface area contributed by atoms with Crippen LogP contribution in [-0.4, -0.2) is 21.3 Å². The highest BCUT2D eigenvalue weighted by Gasteiger charge is 2.15. The Bertz CT molecular complexity index is 311. The zero-order chi connectivity index (χ0) is 9.30. The third-order valence-electron chi connectivity index (χ3n) is 1.28. The summed E-state index contributed by atoms with van der Waals surface area (Å²) in [5.74, 6) is -2.50. The minimum atomic E-state index is -1.40. The topological polar surface area (TPSA) is 77.8 Å². The summed E-state index contributed by atoms with van der Waals surface area (Å²) in [6, 6.07) is 2.09. The van der Waals surface area contributed by atoms with E-state index < -0.39 is 23.0 Å². The van der Waals surface area contributed by atoms with Crippen molar-refractivity contribution < 1.29 is 20.1 Å². The van der Waals surface area contributed by atoms with Gasteiger partial charge >= 0.3 is 5.97 Å². The van der Waals surface area contributed by atoms with Crippen LogP contribution in [0.3, 0.4) is 0 Å². The summed E-state index contributed by atoms with van der Waals surface area (Å²) >= 11 is 5.41. The first-order valence-electron chi connectivity index (χ1n) is 2.97. The number of aromatic hydroxyl groups is 2. The Morgan fingerprint density at radius 3 is 2.00 bits per heavy atom. The van der Waals surface area contributed by atoms with Crippen molar-refractivity contribution in [2.45, 2.75) is 0 Å². The normalized spacial score (nSPS) is 9.75. The van der Waals surface area contributed by atoms with Crippen molar-refractivity contribution in [1.29, 1.82) is 0 Å². The smallest absolute Gasteiger partial charge is 0.343 e. The summed E-state index contributed by atoms with van der Waals surface area (Å²) in [6.45, 7) is 0. The van der Waals surface area contributed by atoms with Crippen molar-refractivity contribution >= 4 is 17.6 Å². The Labute approximate surface area is 72.6 Å². The molecule has 1 aromatic carbocycles. The highest BCUT2D eigenvalue weighted by Crippen LogP contribution is 2.30. The van der Waals surface area contributed by atoms with E-state index in [0.29, 0.717) is 0 Å². The molecule has 0 saturated heterocycles. The maximum Gasteiger partial charge on any atom is 0.343 e. The average Bonchev–Trinajstić information content (AvgIpc) is 1.82. The van der Waals surface area contributed by atoms with E-state index in [1.54, 1.807) is 0 Å². The number of hydrogen-bond acceptors (Lipinski definition) is 3. The van der Waals surface area contributed by atoms with E-state index in [4.69, 9.17) is 26.9 Å². The van der Waals surface area contributed by atoms with Crippen LogP contribution in [0.15, 0.2) is 12.1 Å². The third-order valence-corrected chi connectivity index (χ3v) is 1.49. The van der Waals surface area contributed by atoms with Crippen molar-refractivity contribution in [3.05, 3.63) is 22.7 Å². The van der Waals surface area contributed by atoms with Crippen LogP contribution in [-0.2, 0) is 0 Å². The second-order valence-electron chi connectivity index (χ2n) is 2.12. The van der Waals surface area contributed by atoms with Crippen molar-refractivity contribution in [3.63, 3.8) is 0 Å². The first-order chi connectivity index (χ1) is 5.52. The lowest BCUT2D eigenvalue weighted by atomic mass is 10.2. The molecule has 0 aromatic heterocycles. The number of benzene rings is 1. The molecule has 0 bridgehead atoms. The molecular formula is C7H5ClO4. The molecule has 12 heavy (non-hydrogen) atoms. The minimum absolute atomic E-state index is 0.0787. The van der Waals surface area contributed by atoms with Gasteiger partial charge in [0.15, 0.2) is 0 Å². The standard InChI is InChI=1S/C7H5ClO4/c8-3-1-4(9)6(7(11)12)5(10)2-3/h1-2,9-10H,(H,11,12). The second kappa shape index (κ2) is 2.91. The lowest BCUT2D eigenvalue weighted by Gasteiger charge is -2.02. The monoisotopic (exact) mass is 188 g/mol. The fourth-order valence-corrected chi connectivity index (χ4v) is 1.00. The molecule has 5 heteroatoms. The molecule has 0 aliphatic rings. The van der Waals surface area contributed by atoms with Gasteiger partial charge in [-0.1, -0.05) is 11.6 Å². The number of carboxylic acid groups (broad SMARTS) is 1. The van der Waals surface area contributed by atoms with Crippen molar-refractivity contribution in [2.24, 2.45) is 0 Å². The lowest BCUT2D eigenvalue weighted by Crippen LogP contribution is -1.97. The quantitative estimate of drug-likeness (QED) is 0.623. The number of carbonyl (C=O) groups is 1. The van der Waals surface area contributed by atoms with Gasteiger partial charge in [-0.2, -0.15) is 0 Å². The van der Waals surface area contributed by atoms with E-state index in [0.717, 1.165) is 12.1 Å². The fraction of sp³-hybridized carbons (Fsp3) is 0. The average molecular weight is 189 g/mol. The molecule has 0 unspecified atom stereocenters. The van der Waals surface area contributed by atoms with Gasteiger partial charge in [0.05, 0.1) is 0 Å². The summed E-state index contributed by atoms with van der Waals surface area (Å²) in [5.41, 5.74) is -0.542. The SMILES string of the molecule is O=C(O)c1c(O)cc(Cl)cc1O. The maximum absolute atomic E-state index is 10.4. The Balaban J connectivity index is 3.38. The summed E-state index contributed by atoms with van der Waals surface area (Å²) < 4.78 is 0. The predicted octanol–water partition coefficient (Wildman–Crippen LogP) is 1.45. The Morgan fingerprint density at radius 1 is 1.25 bits per heavy atom. The number of phenols is 2. The zero-order valence-corrected chi connectivity index (χ0v) is 6.54. The molecule has 0 spiro atoms. The van der Waals surface area contributed by atoms with Crippen molar-refractivity contribution in [3.8, 4) is 11.5 Å². The lowest BCUT2D eigenvalue weighted by molar-refractivity contribution is 0.0690. The summed E-state index contributed by atoms with van der Waals surface area (Å²) in [6.07, 6.45) is 0. The van der Waals surface area contributed by atoms with Gasteiger partial charge in [0.2, 0.25) is 0 Å². The molecule has 1 rings (SSSR count). The molecule has 0 amide bonds. The van der Waals surface area contributed by atoms with E-state index in [1.807, 2.05) is 0 Å². The number of rotatable bonds is 1. The van der Waals surface area contributed by atoms with Crippen LogP contribution < -0.4 is 0 Å². The van der Waals surface area contributed by atoms with Crippen LogP contribution in [0.1, 0.15) is 10.4 Å². The van der Waals surface area contributed by atoms with Crippen molar-refractivity contribution in [2.75, 3.05) is 0 Å². The number of halogens is 1. The molecule has 0 saturated carbocycles. The summed E-state index contributed by atoms with van der Waals surface area (Å²) in [7, 11) is 0. The van der Waals surface area contributed by atoms with Gasteiger partial charge in [-0.15, -0.1) is 0 Å². The van der Waals surface area contributed by atoms with E-state index in [-0.39, 0.29) is 5.02 Å². The van der Waals surface area contributed by atoms with Gasteiger partial charge in [-0.3, -0.25) is 0 Å². The molecule has 0 aliphatic heterocycles. The van der Waals surface area contributed by atoms with Gasteiger partial charge in [0.1, 0.15) is 17.1 Å². The fourth-order valence-electron chi connectivity index (χ4n) is 0.798. The molecule has 0 fully saturated rings. The molecular weight excluding hydrogens is 184 g/mol. The number of hydrogen-bond donors (Lipinski definition) is 3. The van der Waals surface area contributed by atoms with Crippen LogP contribution in [0.25, 0.3) is 0 Å². The second-order valence-corrected chi connectivity index (χ2v) is 2.56. The maximum atomic E-state index is 10.4. The molecule has 3 N–H and O–H groups in total. The van der Waals surface area contributed by atoms with Gasteiger partial charge in [-0.05, 0) is 12.1 Å². The van der Waals surface area contributed by atoms with E-state index >= 15 is 0 Å². The molecule has 0 aliphatic carbocycles. The first-order valence-corrected chi connectivity index (χ1v) is 3.35. The van der Waals surface area contributed by atoms with Crippen LogP contribution in [0, 0.1) is 0 Å². The van der Waals surface area contributed by atoms with Crippen molar-refractivity contribution in [1.82, 2.24) is 0 Å². The van der Waals surface area contributed by atoms with Gasteiger partial charge in [-0.25, -0.2) is 4.79 Å². The Kier molecular flexibility index (Phi) is 2.10. The minimum Gasteiger partial charge on any atom is -0.507 e. The summed E-state index contributed by atoms with van der Waals surface area (Å²) in [4.78, 5) is 10.4. The van der Waals surface area contributed by atoms with Crippen LogP contribution in [0.5, 0.6) is 11.5 Å². The van der Waals surface area contributed by atoms with Crippen LogP contribution in [0.4, 0.5) is 0 Å². The van der Waals surface area contributed by atoms with Crippen LogP contribution in [0.2, 0.25) is 5.02 Å². The molecule has 0 radical (unpaired) electrons. The number of aromatic carboxylic acids is 1. The predicted molar refractivity (Wildman–Crippen MR) is 41.7 cm³/mol. The van der Waals surface area contributed by atoms with Gasteiger partial charge in [0, 0.05) is 5.02 Å². The van der Waals surface area contributed by atoms with Crippen LogP contribution >= 0.6 is 11.6 Å². The van der Waals surface area contributed by atoms with E-state index in [9.17, 15) is 4.79 Å². The molecule has 1 aromatic rings. The van der Waals surface area contributed by atoms with Gasteiger partial charge in [0.25, 0.3) is 0 Å². The summed E-state index contributed by atoms with van der Waals surface area (Å²) in [5, 5.41) is 26.6. The molecule has 4 nitrogen and oxygen atoms in total. The third kappa shape index (κ3) is 1.43.